The molecular formula is C16H16F6O6S2. The van der Waals surface area contributed by atoms with Crippen molar-refractivity contribution < 1.29 is 51.5 Å². The highest BCUT2D eigenvalue weighted by Gasteiger charge is 2.51. The van der Waals surface area contributed by atoms with Gasteiger partial charge in [0.2, 0.25) is 0 Å². The second-order valence-electron chi connectivity index (χ2n) is 7.40. The number of hydrogen-bond acceptors (Lipinski definition) is 6. The van der Waals surface area contributed by atoms with Gasteiger partial charge in [-0.25, -0.2) is 0 Å². The second-order valence-corrected chi connectivity index (χ2v) is 10.5. The zero-order chi connectivity index (χ0) is 22.6. The molecule has 30 heavy (non-hydrogen) atoms. The lowest BCUT2D eigenvalue weighted by Gasteiger charge is -2.33. The van der Waals surface area contributed by atoms with Crippen molar-refractivity contribution in [3.05, 3.63) is 23.3 Å². The average Bonchev–Trinajstić information content (AvgIpc) is 2.95. The first-order chi connectivity index (χ1) is 13.6. The molecule has 6 nitrogen and oxygen atoms in total. The molecule has 0 saturated heterocycles. The van der Waals surface area contributed by atoms with Crippen molar-refractivity contribution in [3.8, 4) is 11.5 Å². The molecule has 1 aromatic carbocycles. The summed E-state index contributed by atoms with van der Waals surface area (Å²) >= 11 is 0. The van der Waals surface area contributed by atoms with E-state index in [1.165, 1.54) is 0 Å². The highest BCUT2D eigenvalue weighted by Crippen LogP contribution is 2.52. The third-order valence-corrected chi connectivity index (χ3v) is 7.26. The Morgan fingerprint density at radius 3 is 1.40 bits per heavy atom. The van der Waals surface area contributed by atoms with Crippen LogP contribution in [0.3, 0.4) is 0 Å². The molecule has 0 unspecified atom stereocenters. The lowest BCUT2D eigenvalue weighted by atomic mass is 9.72. The molecule has 0 atom stereocenters. The Morgan fingerprint density at radius 2 is 1.07 bits per heavy atom. The largest absolute Gasteiger partial charge is 0.534 e. The molecule has 0 N–H and O–H groups in total. The van der Waals surface area contributed by atoms with Gasteiger partial charge in [0.05, 0.1) is 0 Å². The molecule has 14 heteroatoms. The molecule has 0 amide bonds. The highest BCUT2D eigenvalue weighted by atomic mass is 32.2. The Morgan fingerprint density at radius 1 is 0.700 bits per heavy atom. The first kappa shape index (κ1) is 23.0. The average molecular weight is 482 g/mol. The summed E-state index contributed by atoms with van der Waals surface area (Å²) in [4.78, 5) is 0. The molecular weight excluding hydrogens is 466 g/mol. The fourth-order valence-corrected chi connectivity index (χ4v) is 4.97. The molecule has 1 aromatic rings. The number of benzene rings is 1. The predicted octanol–water partition coefficient (Wildman–Crippen LogP) is 4.19. The molecule has 1 fully saturated rings. The van der Waals surface area contributed by atoms with Gasteiger partial charge < -0.3 is 8.37 Å². The number of rotatable bonds is 4. The number of hydrogen-bond donors (Lipinski definition) is 0. The summed E-state index contributed by atoms with van der Waals surface area (Å²) in [6, 6.07) is 1.34. The van der Waals surface area contributed by atoms with Crippen LogP contribution in [-0.4, -0.2) is 27.9 Å². The normalized spacial score (nSPS) is 19.5. The van der Waals surface area contributed by atoms with Crippen LogP contribution in [0.1, 0.15) is 43.2 Å². The standard InChI is InChI=1S/C16H16F6O6S2/c17-15(18,19)29(23,24)27-12-4-5-13(28-30(25,26)16(20,21)22)11-9-14(8-10(11)12)6-2-1-3-7-14/h4-5H,1-3,6-9H2. The van der Waals surface area contributed by atoms with Gasteiger partial charge in [-0.15, -0.1) is 0 Å². The van der Waals surface area contributed by atoms with Crippen molar-refractivity contribution in [1.82, 2.24) is 0 Å². The number of fused-ring (bicyclic) bond motifs is 1. The van der Waals surface area contributed by atoms with Gasteiger partial charge in [-0.2, -0.15) is 43.2 Å². The van der Waals surface area contributed by atoms with E-state index in [1.807, 2.05) is 0 Å². The van der Waals surface area contributed by atoms with E-state index in [1.54, 1.807) is 0 Å². The molecule has 2 aliphatic carbocycles. The quantitative estimate of drug-likeness (QED) is 0.363. The lowest BCUT2D eigenvalue weighted by molar-refractivity contribution is -0.0506. The minimum Gasteiger partial charge on any atom is -0.376 e. The van der Waals surface area contributed by atoms with Gasteiger partial charge in [-0.3, -0.25) is 0 Å². The van der Waals surface area contributed by atoms with Crippen molar-refractivity contribution in [3.63, 3.8) is 0 Å². The molecule has 2 aliphatic rings. The minimum absolute atomic E-state index is 0.0360. The van der Waals surface area contributed by atoms with Gasteiger partial charge >= 0.3 is 31.3 Å². The van der Waals surface area contributed by atoms with Crippen LogP contribution < -0.4 is 8.37 Å². The maximum atomic E-state index is 12.7. The Bertz CT molecular complexity index is 960. The third-order valence-electron chi connectivity index (χ3n) is 5.33. The van der Waals surface area contributed by atoms with Crippen LogP contribution in [0.25, 0.3) is 0 Å². The van der Waals surface area contributed by atoms with Crippen molar-refractivity contribution in [2.45, 2.75) is 56.0 Å². The van der Waals surface area contributed by atoms with Crippen molar-refractivity contribution in [2.75, 3.05) is 0 Å². The summed E-state index contributed by atoms with van der Waals surface area (Å²) in [6.45, 7) is 0. The highest BCUT2D eigenvalue weighted by molar-refractivity contribution is 7.88. The topological polar surface area (TPSA) is 86.7 Å². The summed E-state index contributed by atoms with van der Waals surface area (Å²) in [7, 11) is -12.0. The summed E-state index contributed by atoms with van der Waals surface area (Å²) < 4.78 is 130. The molecule has 1 spiro atoms. The monoisotopic (exact) mass is 482 g/mol. The van der Waals surface area contributed by atoms with Crippen LogP contribution in [0.2, 0.25) is 0 Å². The van der Waals surface area contributed by atoms with Gasteiger partial charge in [0.15, 0.2) is 0 Å². The molecule has 0 aliphatic heterocycles. The van der Waals surface area contributed by atoms with Crippen LogP contribution in [0, 0.1) is 5.41 Å². The van der Waals surface area contributed by atoms with E-state index in [0.717, 1.165) is 19.3 Å². The second kappa shape index (κ2) is 7.18. The van der Waals surface area contributed by atoms with E-state index in [-0.39, 0.29) is 24.0 Å². The molecule has 0 bridgehead atoms. The molecule has 3 rings (SSSR count). The summed E-state index contributed by atoms with van der Waals surface area (Å²) in [6.07, 6.45) is 3.69. The number of halogens is 6. The summed E-state index contributed by atoms with van der Waals surface area (Å²) in [5, 5.41) is 0. The predicted molar refractivity (Wildman–Crippen MR) is 90.6 cm³/mol. The van der Waals surface area contributed by atoms with E-state index in [4.69, 9.17) is 0 Å². The maximum Gasteiger partial charge on any atom is 0.534 e. The molecule has 170 valence electrons. The Hall–Kier alpha value is -1.70. The maximum absolute atomic E-state index is 12.7. The Kier molecular flexibility index (Phi) is 5.49. The molecule has 0 aromatic heterocycles. The van der Waals surface area contributed by atoms with Gasteiger partial charge in [-0.1, -0.05) is 19.3 Å². The van der Waals surface area contributed by atoms with E-state index >= 15 is 0 Å². The zero-order valence-electron chi connectivity index (χ0n) is 15.1. The van der Waals surface area contributed by atoms with Gasteiger partial charge in [0, 0.05) is 11.1 Å². The van der Waals surface area contributed by atoms with Crippen LogP contribution >= 0.6 is 0 Å². The third kappa shape index (κ3) is 4.20. The number of alkyl halides is 6. The Balaban J connectivity index is 2.06. The lowest BCUT2D eigenvalue weighted by Crippen LogP contribution is -2.29. The first-order valence-electron chi connectivity index (χ1n) is 8.73. The van der Waals surface area contributed by atoms with E-state index in [0.29, 0.717) is 25.0 Å². The minimum atomic E-state index is -6.02. The van der Waals surface area contributed by atoms with Crippen molar-refractivity contribution in [1.29, 1.82) is 0 Å². The summed E-state index contributed by atoms with van der Waals surface area (Å²) in [5.74, 6) is -1.41. The molecule has 0 heterocycles. The van der Waals surface area contributed by atoms with Gasteiger partial charge in [0.1, 0.15) is 11.5 Å². The van der Waals surface area contributed by atoms with Crippen LogP contribution in [0.4, 0.5) is 26.3 Å². The smallest absolute Gasteiger partial charge is 0.376 e. The van der Waals surface area contributed by atoms with Crippen LogP contribution in [0.5, 0.6) is 11.5 Å². The Labute approximate surface area is 168 Å². The zero-order valence-corrected chi connectivity index (χ0v) is 16.8. The van der Waals surface area contributed by atoms with Crippen molar-refractivity contribution in [2.24, 2.45) is 5.41 Å². The van der Waals surface area contributed by atoms with E-state index in [2.05, 4.69) is 8.37 Å². The molecule has 1 saturated carbocycles. The molecule has 0 radical (unpaired) electrons. The van der Waals surface area contributed by atoms with Crippen LogP contribution in [-0.2, 0) is 33.1 Å². The fraction of sp³-hybridized carbons (Fsp3) is 0.625. The van der Waals surface area contributed by atoms with Crippen molar-refractivity contribution >= 4 is 20.2 Å². The van der Waals surface area contributed by atoms with E-state index < -0.39 is 48.2 Å². The summed E-state index contributed by atoms with van der Waals surface area (Å²) in [5.41, 5.74) is -12.2. The van der Waals surface area contributed by atoms with Crippen LogP contribution in [0.15, 0.2) is 12.1 Å². The fourth-order valence-electron chi connectivity index (χ4n) is 3.99. The first-order valence-corrected chi connectivity index (χ1v) is 11.5. The van der Waals surface area contributed by atoms with Gasteiger partial charge in [0.25, 0.3) is 0 Å². The van der Waals surface area contributed by atoms with Gasteiger partial charge in [-0.05, 0) is 43.2 Å². The SMILES string of the molecule is O=S(=O)(Oc1ccc(OS(=O)(=O)C(F)(F)F)c2c1CC1(CCCCC1)C2)C(F)(F)F. The van der Waals surface area contributed by atoms with E-state index in [9.17, 15) is 43.2 Å².